The van der Waals surface area contributed by atoms with Crippen LogP contribution in [0.3, 0.4) is 0 Å². The molecule has 2 aliphatic heterocycles. The summed E-state index contributed by atoms with van der Waals surface area (Å²) < 4.78 is 2.04. The fraction of sp³-hybridized carbons (Fsp3) is 0.733. The van der Waals surface area contributed by atoms with E-state index in [1.54, 1.807) is 0 Å². The Hall–Kier alpha value is -1.40. The number of aromatic nitrogens is 2. The summed E-state index contributed by atoms with van der Waals surface area (Å²) in [6.45, 7) is 4.10. The third-order valence-electron chi connectivity index (χ3n) is 4.42. The molecule has 0 unspecified atom stereocenters. The molecule has 0 spiro atoms. The van der Waals surface area contributed by atoms with Crippen molar-refractivity contribution in [3.05, 3.63) is 17.5 Å². The smallest absolute Gasteiger partial charge is 0.224 e. The Morgan fingerprint density at radius 2 is 2.33 bits per heavy atom. The van der Waals surface area contributed by atoms with Gasteiger partial charge < -0.3 is 10.4 Å². The first kappa shape index (κ1) is 14.5. The number of rotatable bonds is 5. The minimum absolute atomic E-state index is 0.0659. The maximum atomic E-state index is 12.0. The van der Waals surface area contributed by atoms with E-state index >= 15 is 0 Å². The molecule has 2 N–H and O–H groups in total. The Kier molecular flexibility index (Phi) is 4.55. The number of β-amino-alcohol motifs (C(OH)–C–C–N with tert-alkyl or cyclic N) is 1. The first-order valence-electron chi connectivity index (χ1n) is 7.93. The monoisotopic (exact) mass is 292 g/mol. The Labute approximate surface area is 125 Å². The molecule has 1 aromatic rings. The van der Waals surface area contributed by atoms with E-state index in [4.69, 9.17) is 0 Å². The van der Waals surface area contributed by atoms with Crippen molar-refractivity contribution >= 4 is 5.91 Å². The zero-order valence-electron chi connectivity index (χ0n) is 12.4. The van der Waals surface area contributed by atoms with Gasteiger partial charge in [-0.05, 0) is 25.7 Å². The number of hydrogen-bond acceptors (Lipinski definition) is 4. The number of aryl methyl sites for hydroxylation is 1. The third-order valence-corrected chi connectivity index (χ3v) is 4.42. The zero-order valence-corrected chi connectivity index (χ0v) is 12.4. The summed E-state index contributed by atoms with van der Waals surface area (Å²) in [5.41, 5.74) is 2.31. The Balaban J connectivity index is 1.43. The molecule has 2 aliphatic rings. The van der Waals surface area contributed by atoms with Gasteiger partial charge in [-0.15, -0.1) is 0 Å². The molecule has 3 rings (SSSR count). The van der Waals surface area contributed by atoms with Crippen molar-refractivity contribution in [1.29, 1.82) is 0 Å². The number of carbonyl (C=O) groups excluding carboxylic acids is 1. The number of carbonyl (C=O) groups is 1. The Morgan fingerprint density at radius 1 is 1.43 bits per heavy atom. The number of nitrogens with zero attached hydrogens (tertiary/aromatic N) is 3. The van der Waals surface area contributed by atoms with Crippen LogP contribution in [-0.2, 0) is 24.2 Å². The van der Waals surface area contributed by atoms with Gasteiger partial charge in [0.2, 0.25) is 5.91 Å². The highest BCUT2D eigenvalue weighted by Gasteiger charge is 2.20. The average molecular weight is 292 g/mol. The largest absolute Gasteiger partial charge is 0.392 e. The topological polar surface area (TPSA) is 70.4 Å². The molecule has 1 saturated heterocycles. The van der Waals surface area contributed by atoms with Crippen LogP contribution >= 0.6 is 0 Å². The lowest BCUT2D eigenvalue weighted by Gasteiger charge is -2.16. The van der Waals surface area contributed by atoms with Crippen LogP contribution in [0.2, 0.25) is 0 Å². The Bertz CT molecular complexity index is 500. The second-order valence-corrected chi connectivity index (χ2v) is 6.07. The van der Waals surface area contributed by atoms with Crippen molar-refractivity contribution in [2.24, 2.45) is 0 Å². The highest BCUT2D eigenvalue weighted by molar-refractivity contribution is 5.78. The molecule has 1 fully saturated rings. The summed E-state index contributed by atoms with van der Waals surface area (Å²) in [5, 5.41) is 16.8. The van der Waals surface area contributed by atoms with E-state index < -0.39 is 0 Å². The highest BCUT2D eigenvalue weighted by Crippen LogP contribution is 2.18. The van der Waals surface area contributed by atoms with E-state index in [9.17, 15) is 9.90 Å². The molecule has 0 aliphatic carbocycles. The molecule has 1 aromatic heterocycles. The summed E-state index contributed by atoms with van der Waals surface area (Å²) in [7, 11) is 0. The number of aliphatic hydroxyl groups is 1. The maximum absolute atomic E-state index is 12.0. The fourth-order valence-electron chi connectivity index (χ4n) is 3.24. The molecule has 1 amide bonds. The zero-order chi connectivity index (χ0) is 14.7. The van der Waals surface area contributed by atoms with E-state index in [0.717, 1.165) is 44.6 Å². The van der Waals surface area contributed by atoms with Gasteiger partial charge in [-0.3, -0.25) is 14.4 Å². The van der Waals surface area contributed by atoms with Crippen molar-refractivity contribution in [3.63, 3.8) is 0 Å². The fourth-order valence-corrected chi connectivity index (χ4v) is 3.24. The van der Waals surface area contributed by atoms with Crippen LogP contribution in [-0.4, -0.2) is 58.0 Å². The summed E-state index contributed by atoms with van der Waals surface area (Å²) in [4.78, 5) is 14.2. The van der Waals surface area contributed by atoms with Crippen LogP contribution in [0.25, 0.3) is 0 Å². The van der Waals surface area contributed by atoms with E-state index in [1.807, 2.05) is 10.9 Å². The van der Waals surface area contributed by atoms with Gasteiger partial charge in [0.15, 0.2) is 0 Å². The molecule has 0 saturated carbocycles. The molecule has 6 heteroatoms. The van der Waals surface area contributed by atoms with Crippen LogP contribution in [0.1, 0.15) is 30.5 Å². The van der Waals surface area contributed by atoms with E-state index in [-0.39, 0.29) is 12.0 Å². The standard InChI is InChI=1S/C15H24N4O2/c20-13-4-7-18(11-13)8-5-16-15(21)9-12-10-17-19-6-2-1-3-14(12)19/h10,13,20H,1-9,11H2,(H,16,21)/t13-/m0/s1. The summed E-state index contributed by atoms with van der Waals surface area (Å²) in [6.07, 6.45) is 6.33. The third kappa shape index (κ3) is 3.63. The highest BCUT2D eigenvalue weighted by atomic mass is 16.3. The predicted octanol–water partition coefficient (Wildman–Crippen LogP) is -0.0553. The van der Waals surface area contributed by atoms with Gasteiger partial charge >= 0.3 is 0 Å². The van der Waals surface area contributed by atoms with E-state index in [0.29, 0.717) is 13.0 Å². The molecule has 3 heterocycles. The first-order chi connectivity index (χ1) is 10.2. The van der Waals surface area contributed by atoms with Crippen molar-refractivity contribution in [3.8, 4) is 0 Å². The second kappa shape index (κ2) is 6.58. The van der Waals surface area contributed by atoms with Gasteiger partial charge in [0, 0.05) is 44.0 Å². The molecule has 0 aromatic carbocycles. The van der Waals surface area contributed by atoms with Crippen molar-refractivity contribution < 1.29 is 9.90 Å². The lowest BCUT2D eigenvalue weighted by atomic mass is 10.0. The number of amides is 1. The minimum Gasteiger partial charge on any atom is -0.392 e. The van der Waals surface area contributed by atoms with Crippen LogP contribution in [0.5, 0.6) is 0 Å². The van der Waals surface area contributed by atoms with E-state index in [1.165, 1.54) is 18.5 Å². The van der Waals surface area contributed by atoms with Gasteiger partial charge in [0.1, 0.15) is 0 Å². The lowest BCUT2D eigenvalue weighted by Crippen LogP contribution is -2.35. The summed E-state index contributed by atoms with van der Waals surface area (Å²) >= 11 is 0. The van der Waals surface area contributed by atoms with Gasteiger partial charge in [-0.2, -0.15) is 5.10 Å². The van der Waals surface area contributed by atoms with Crippen LogP contribution in [0, 0.1) is 0 Å². The number of aliphatic hydroxyl groups excluding tert-OH is 1. The minimum atomic E-state index is -0.195. The van der Waals surface area contributed by atoms with Crippen LogP contribution < -0.4 is 5.32 Å². The molecular weight excluding hydrogens is 268 g/mol. The molecule has 116 valence electrons. The molecular formula is C15H24N4O2. The van der Waals surface area contributed by atoms with Gasteiger partial charge in [0.25, 0.3) is 0 Å². The van der Waals surface area contributed by atoms with Crippen molar-refractivity contribution in [2.75, 3.05) is 26.2 Å². The van der Waals surface area contributed by atoms with Gasteiger partial charge in [-0.25, -0.2) is 0 Å². The quantitative estimate of drug-likeness (QED) is 0.798. The van der Waals surface area contributed by atoms with Crippen LogP contribution in [0.4, 0.5) is 0 Å². The number of hydrogen-bond donors (Lipinski definition) is 2. The molecule has 21 heavy (non-hydrogen) atoms. The lowest BCUT2D eigenvalue weighted by molar-refractivity contribution is -0.120. The van der Waals surface area contributed by atoms with Crippen molar-refractivity contribution in [2.45, 2.75) is 44.8 Å². The first-order valence-corrected chi connectivity index (χ1v) is 7.93. The SMILES string of the molecule is O=C(Cc1cnn2c1CCCC2)NCCN1CC[C@H](O)C1. The number of fused-ring (bicyclic) bond motifs is 1. The summed E-state index contributed by atoms with van der Waals surface area (Å²) in [5.74, 6) is 0.0659. The van der Waals surface area contributed by atoms with Gasteiger partial charge in [0.05, 0.1) is 18.7 Å². The Morgan fingerprint density at radius 3 is 3.14 bits per heavy atom. The summed E-state index contributed by atoms with van der Waals surface area (Å²) in [6, 6.07) is 0. The van der Waals surface area contributed by atoms with Crippen molar-refractivity contribution in [1.82, 2.24) is 20.0 Å². The predicted molar refractivity (Wildman–Crippen MR) is 78.9 cm³/mol. The molecule has 1 atom stereocenters. The normalized spacial score (nSPS) is 22.2. The molecule has 6 nitrogen and oxygen atoms in total. The maximum Gasteiger partial charge on any atom is 0.224 e. The average Bonchev–Trinajstić information content (AvgIpc) is 3.06. The van der Waals surface area contributed by atoms with Gasteiger partial charge in [-0.1, -0.05) is 0 Å². The van der Waals surface area contributed by atoms with Crippen LogP contribution in [0.15, 0.2) is 6.20 Å². The molecule has 0 radical (unpaired) electrons. The second-order valence-electron chi connectivity index (χ2n) is 6.07. The van der Waals surface area contributed by atoms with E-state index in [2.05, 4.69) is 15.3 Å². The number of likely N-dealkylation sites (tertiary alicyclic amines) is 1. The molecule has 0 bridgehead atoms. The number of nitrogens with one attached hydrogen (secondary N) is 1.